The Hall–Kier alpha value is -3.43. The molecule has 1 spiro atoms. The number of ether oxygens (including phenoxy) is 1. The minimum absolute atomic E-state index is 0.0377. The van der Waals surface area contributed by atoms with Crippen molar-refractivity contribution >= 4 is 21.6 Å². The quantitative estimate of drug-likeness (QED) is 0.478. The molecule has 0 unspecified atom stereocenters. The number of pyridine rings is 1. The smallest absolute Gasteiger partial charge is 0.253 e. The van der Waals surface area contributed by atoms with E-state index in [2.05, 4.69) is 26.7 Å². The van der Waals surface area contributed by atoms with Crippen molar-refractivity contribution in [2.75, 3.05) is 38.2 Å². The number of rotatable bonds is 6. The summed E-state index contributed by atoms with van der Waals surface area (Å²) in [6.07, 6.45) is 8.28. The van der Waals surface area contributed by atoms with E-state index in [1.165, 1.54) is 5.69 Å². The highest BCUT2D eigenvalue weighted by Crippen LogP contribution is 2.42. The molecule has 1 N–H and O–H groups in total. The van der Waals surface area contributed by atoms with Gasteiger partial charge in [-0.15, -0.1) is 0 Å². The van der Waals surface area contributed by atoms with Crippen LogP contribution in [0.2, 0.25) is 0 Å². The second kappa shape index (κ2) is 10.5. The maximum atomic E-state index is 13.6. The number of likely N-dealkylation sites (tertiary alicyclic amines) is 1. The average molecular weight is 561 g/mol. The highest BCUT2D eigenvalue weighted by Gasteiger charge is 2.42. The maximum absolute atomic E-state index is 13.6. The highest BCUT2D eigenvalue weighted by atomic mass is 32.2. The van der Waals surface area contributed by atoms with Gasteiger partial charge in [0, 0.05) is 55.9 Å². The molecule has 3 heterocycles. The number of sulfonamides is 1. The number of nitrogens with zero attached hydrogens (tertiary/aromatic N) is 3. The van der Waals surface area contributed by atoms with E-state index >= 15 is 0 Å². The van der Waals surface area contributed by atoms with Crippen LogP contribution in [0.5, 0.6) is 5.75 Å². The monoisotopic (exact) mass is 560 g/mol. The molecule has 0 saturated carbocycles. The Balaban J connectivity index is 1.14. The number of methoxy groups -OCH3 is 1. The molecule has 6 rings (SSSR count). The topological polar surface area (TPSA) is 91.8 Å². The van der Waals surface area contributed by atoms with Crippen molar-refractivity contribution in [2.45, 2.75) is 50.0 Å². The van der Waals surface area contributed by atoms with E-state index in [4.69, 9.17) is 4.74 Å². The van der Waals surface area contributed by atoms with Crippen molar-refractivity contribution in [1.29, 1.82) is 0 Å². The molecule has 2 aromatic carbocycles. The molecule has 3 aliphatic rings. The lowest BCUT2D eigenvalue weighted by molar-refractivity contribution is 0.0764. The second-order valence-corrected chi connectivity index (χ2v) is 13.1. The first kappa shape index (κ1) is 26.8. The van der Waals surface area contributed by atoms with Gasteiger partial charge in [0.2, 0.25) is 10.0 Å². The van der Waals surface area contributed by atoms with E-state index in [-0.39, 0.29) is 22.3 Å². The van der Waals surface area contributed by atoms with E-state index < -0.39 is 10.0 Å². The Morgan fingerprint density at radius 1 is 1.02 bits per heavy atom. The summed E-state index contributed by atoms with van der Waals surface area (Å²) in [5, 5.41) is 0. The summed E-state index contributed by atoms with van der Waals surface area (Å²) in [5.41, 5.74) is 4.64. The molecule has 3 aromatic rings. The Bertz CT molecular complexity index is 1520. The third kappa shape index (κ3) is 5.08. The lowest BCUT2D eigenvalue weighted by Crippen LogP contribution is -2.42. The molecular weight excluding hydrogens is 524 g/mol. The van der Waals surface area contributed by atoms with Crippen molar-refractivity contribution in [3.63, 3.8) is 0 Å². The maximum Gasteiger partial charge on any atom is 0.253 e. The summed E-state index contributed by atoms with van der Waals surface area (Å²) in [6.45, 7) is 5.28. The van der Waals surface area contributed by atoms with Gasteiger partial charge in [0.05, 0.1) is 12.0 Å². The number of fused-ring (bicyclic) bond motifs is 1. The van der Waals surface area contributed by atoms with Crippen LogP contribution in [0.25, 0.3) is 0 Å². The summed E-state index contributed by atoms with van der Waals surface area (Å²) in [4.78, 5) is 22.4. The van der Waals surface area contributed by atoms with Crippen LogP contribution in [-0.4, -0.2) is 57.5 Å². The normalized spacial score (nSPS) is 20.1. The largest absolute Gasteiger partial charge is 0.497 e. The number of aromatic nitrogens is 1. The second-order valence-electron chi connectivity index (χ2n) is 11.4. The third-order valence-electron chi connectivity index (χ3n) is 9.02. The fraction of sp³-hybridized carbons (Fsp3) is 0.419. The van der Waals surface area contributed by atoms with Gasteiger partial charge in [-0.1, -0.05) is 6.07 Å². The number of nitrogens with one attached hydrogen (secondary N) is 1. The zero-order valence-corrected chi connectivity index (χ0v) is 23.9. The van der Waals surface area contributed by atoms with Crippen molar-refractivity contribution in [3.05, 3.63) is 83.2 Å². The van der Waals surface area contributed by atoms with Gasteiger partial charge in [-0.25, -0.2) is 13.1 Å². The molecule has 8 nitrogen and oxygen atoms in total. The van der Waals surface area contributed by atoms with Gasteiger partial charge in [-0.05, 0) is 104 Å². The van der Waals surface area contributed by atoms with Gasteiger partial charge in [0.25, 0.3) is 5.91 Å². The molecule has 1 aromatic heterocycles. The molecular formula is C31H36N4O4S. The Kier molecular flexibility index (Phi) is 7.04. The number of anilines is 1. The lowest BCUT2D eigenvalue weighted by atomic mass is 9.77. The van der Waals surface area contributed by atoms with Crippen LogP contribution in [0.4, 0.5) is 5.69 Å². The van der Waals surface area contributed by atoms with Crippen LogP contribution in [0.1, 0.15) is 58.8 Å². The number of carbonyl (C=O) groups excluding carboxylic acids is 1. The van der Waals surface area contributed by atoms with Gasteiger partial charge < -0.3 is 14.5 Å². The fourth-order valence-electron chi connectivity index (χ4n) is 6.65. The SMILES string of the molecule is COc1ccc(S(=O)(=O)N[C@@H]2CCc3ccc(C(=O)N4CCC5(CCN(c6ccncc6)CC5)C4)cc32)c(C)c1. The first-order valence-corrected chi connectivity index (χ1v) is 15.5. The molecule has 1 atom stereocenters. The Labute approximate surface area is 236 Å². The first-order chi connectivity index (χ1) is 19.3. The van der Waals surface area contributed by atoms with Gasteiger partial charge in [0.15, 0.2) is 0 Å². The van der Waals surface area contributed by atoms with Crippen LogP contribution >= 0.6 is 0 Å². The molecule has 1 amide bonds. The van der Waals surface area contributed by atoms with Crippen LogP contribution in [-0.2, 0) is 16.4 Å². The van der Waals surface area contributed by atoms with E-state index in [1.54, 1.807) is 32.2 Å². The number of amides is 1. The van der Waals surface area contributed by atoms with Gasteiger partial charge in [-0.3, -0.25) is 9.78 Å². The van der Waals surface area contributed by atoms with E-state index in [0.29, 0.717) is 23.3 Å². The summed E-state index contributed by atoms with van der Waals surface area (Å²) in [7, 11) is -2.18. The Morgan fingerprint density at radius 3 is 2.50 bits per heavy atom. The Morgan fingerprint density at radius 2 is 1.77 bits per heavy atom. The zero-order chi connectivity index (χ0) is 27.9. The number of carbonyl (C=O) groups is 1. The standard InChI is InChI=1S/C31H36N4O4S/c1-22-19-26(39-2)6-8-29(22)40(37,38)33-28-7-5-23-3-4-24(20-27(23)28)30(36)35-18-13-31(21-35)11-16-34(17-12-31)25-9-14-32-15-10-25/h3-4,6,8-10,14-15,19-20,28,33H,5,7,11-13,16-18,21H2,1-2H3/t28-/m1/s1. The van der Waals surface area contributed by atoms with Crippen molar-refractivity contribution in [3.8, 4) is 5.75 Å². The van der Waals surface area contributed by atoms with E-state index in [0.717, 1.165) is 63.0 Å². The van der Waals surface area contributed by atoms with Gasteiger partial charge in [0.1, 0.15) is 5.75 Å². The highest BCUT2D eigenvalue weighted by molar-refractivity contribution is 7.89. The molecule has 9 heteroatoms. The first-order valence-electron chi connectivity index (χ1n) is 14.0. The van der Waals surface area contributed by atoms with Gasteiger partial charge >= 0.3 is 0 Å². The molecule has 2 fully saturated rings. The van der Waals surface area contributed by atoms with Crippen LogP contribution in [0.15, 0.2) is 65.8 Å². The lowest BCUT2D eigenvalue weighted by Gasteiger charge is -2.40. The summed E-state index contributed by atoms with van der Waals surface area (Å²) in [6, 6.07) is 14.5. The van der Waals surface area contributed by atoms with Gasteiger partial charge in [-0.2, -0.15) is 0 Å². The van der Waals surface area contributed by atoms with E-state index in [1.807, 2.05) is 35.5 Å². The minimum atomic E-state index is -3.74. The average Bonchev–Trinajstić information content (AvgIpc) is 3.57. The molecule has 0 bridgehead atoms. The zero-order valence-electron chi connectivity index (χ0n) is 23.1. The third-order valence-corrected chi connectivity index (χ3v) is 10.6. The summed E-state index contributed by atoms with van der Waals surface area (Å²) < 4.78 is 34.7. The number of piperidine rings is 1. The molecule has 40 heavy (non-hydrogen) atoms. The number of benzene rings is 2. The number of aryl methyl sites for hydroxylation is 2. The number of hydrogen-bond donors (Lipinski definition) is 1. The predicted octanol–water partition coefficient (Wildman–Crippen LogP) is 4.50. The summed E-state index contributed by atoms with van der Waals surface area (Å²) >= 11 is 0. The predicted molar refractivity (Wildman–Crippen MR) is 154 cm³/mol. The molecule has 1 aliphatic carbocycles. The van der Waals surface area contributed by atoms with Crippen LogP contribution < -0.4 is 14.4 Å². The van der Waals surface area contributed by atoms with Crippen molar-refractivity contribution < 1.29 is 17.9 Å². The number of hydrogen-bond acceptors (Lipinski definition) is 6. The molecule has 210 valence electrons. The van der Waals surface area contributed by atoms with Crippen molar-refractivity contribution in [2.24, 2.45) is 5.41 Å². The van der Waals surface area contributed by atoms with Crippen LogP contribution in [0, 0.1) is 12.3 Å². The fourth-order valence-corrected chi connectivity index (χ4v) is 8.13. The van der Waals surface area contributed by atoms with Crippen LogP contribution in [0.3, 0.4) is 0 Å². The van der Waals surface area contributed by atoms with E-state index in [9.17, 15) is 13.2 Å². The van der Waals surface area contributed by atoms with Crippen molar-refractivity contribution in [1.82, 2.24) is 14.6 Å². The molecule has 2 saturated heterocycles. The molecule has 2 aliphatic heterocycles. The summed E-state index contributed by atoms with van der Waals surface area (Å²) in [5.74, 6) is 0.657. The molecule has 0 radical (unpaired) electrons. The minimum Gasteiger partial charge on any atom is -0.497 e.